The summed E-state index contributed by atoms with van der Waals surface area (Å²) in [6, 6.07) is 0. The highest BCUT2D eigenvalue weighted by atomic mass is 16.2. The van der Waals surface area contributed by atoms with Crippen molar-refractivity contribution in [3.63, 3.8) is 0 Å². The Labute approximate surface area is 100.0 Å². The van der Waals surface area contributed by atoms with E-state index in [1.807, 2.05) is 0 Å². The molecule has 0 spiro atoms. The molecule has 1 fully saturated rings. The molecule has 1 aromatic rings. The molecular weight excluding hydrogens is 220 g/mol. The second-order valence-electron chi connectivity index (χ2n) is 4.06. The normalized spacial score (nSPS) is 16.9. The van der Waals surface area contributed by atoms with Gasteiger partial charge in [0.25, 0.3) is 0 Å². The highest BCUT2D eigenvalue weighted by Gasteiger charge is 2.12. The molecule has 0 unspecified atom stereocenters. The number of amides is 1. The molecule has 1 aliphatic heterocycles. The number of H-pyrrole nitrogens is 1. The third-order valence-corrected chi connectivity index (χ3v) is 2.73. The first-order valence-electron chi connectivity index (χ1n) is 5.88. The minimum atomic E-state index is 0.0754. The fourth-order valence-corrected chi connectivity index (χ4v) is 1.80. The van der Waals surface area contributed by atoms with Gasteiger partial charge in [0, 0.05) is 39.1 Å². The molecule has 7 nitrogen and oxygen atoms in total. The highest BCUT2D eigenvalue weighted by molar-refractivity contribution is 5.78. The summed E-state index contributed by atoms with van der Waals surface area (Å²) >= 11 is 0. The van der Waals surface area contributed by atoms with Crippen LogP contribution < -0.4 is 10.6 Å². The van der Waals surface area contributed by atoms with Crippen molar-refractivity contribution in [3.8, 4) is 0 Å². The highest BCUT2D eigenvalue weighted by Crippen LogP contribution is 1.91. The SMILES string of the molecule is O=C(CN1CCNCC1)NCCc1ncn[nH]1. The van der Waals surface area contributed by atoms with Crippen molar-refractivity contribution >= 4 is 5.91 Å². The van der Waals surface area contributed by atoms with E-state index >= 15 is 0 Å². The average molecular weight is 238 g/mol. The van der Waals surface area contributed by atoms with Gasteiger partial charge in [0.2, 0.25) is 5.91 Å². The van der Waals surface area contributed by atoms with Gasteiger partial charge < -0.3 is 10.6 Å². The van der Waals surface area contributed by atoms with Crippen LogP contribution in [0, 0.1) is 0 Å². The summed E-state index contributed by atoms with van der Waals surface area (Å²) < 4.78 is 0. The average Bonchev–Trinajstić information content (AvgIpc) is 2.83. The van der Waals surface area contributed by atoms with Crippen LogP contribution in [-0.4, -0.2) is 65.3 Å². The van der Waals surface area contributed by atoms with E-state index in [2.05, 4.69) is 30.7 Å². The Morgan fingerprint density at radius 3 is 3.00 bits per heavy atom. The maximum atomic E-state index is 11.6. The van der Waals surface area contributed by atoms with E-state index in [1.54, 1.807) is 0 Å². The standard InChI is InChI=1S/C10H18N6O/c17-10(7-16-5-3-11-4-6-16)12-2-1-9-13-8-14-15-9/h8,11H,1-7H2,(H,12,17)(H,13,14,15). The smallest absolute Gasteiger partial charge is 0.234 e. The zero-order chi connectivity index (χ0) is 11.9. The van der Waals surface area contributed by atoms with Crippen LogP contribution in [0.15, 0.2) is 6.33 Å². The Bertz CT molecular complexity index is 333. The molecule has 1 amide bonds. The summed E-state index contributed by atoms with van der Waals surface area (Å²) in [6.45, 7) is 4.89. The molecular formula is C10H18N6O. The molecule has 3 N–H and O–H groups in total. The van der Waals surface area contributed by atoms with Gasteiger partial charge in [-0.2, -0.15) is 5.10 Å². The van der Waals surface area contributed by atoms with E-state index in [0.29, 0.717) is 19.5 Å². The molecule has 17 heavy (non-hydrogen) atoms. The van der Waals surface area contributed by atoms with Gasteiger partial charge in [0.05, 0.1) is 6.54 Å². The van der Waals surface area contributed by atoms with Crippen molar-refractivity contribution < 1.29 is 4.79 Å². The van der Waals surface area contributed by atoms with Crippen LogP contribution in [0.1, 0.15) is 5.82 Å². The predicted octanol–water partition coefficient (Wildman–Crippen LogP) is -1.63. The van der Waals surface area contributed by atoms with E-state index in [4.69, 9.17) is 0 Å². The molecule has 0 aromatic carbocycles. The van der Waals surface area contributed by atoms with E-state index in [1.165, 1.54) is 6.33 Å². The van der Waals surface area contributed by atoms with E-state index in [9.17, 15) is 4.79 Å². The Hall–Kier alpha value is -1.47. The number of nitrogens with one attached hydrogen (secondary N) is 3. The quantitative estimate of drug-likeness (QED) is 0.573. The van der Waals surface area contributed by atoms with Crippen molar-refractivity contribution in [1.29, 1.82) is 0 Å². The van der Waals surface area contributed by atoms with Gasteiger partial charge in [-0.3, -0.25) is 14.8 Å². The number of carbonyl (C=O) groups excluding carboxylic acids is 1. The lowest BCUT2D eigenvalue weighted by Crippen LogP contribution is -2.47. The number of carbonyl (C=O) groups is 1. The molecule has 2 heterocycles. The van der Waals surface area contributed by atoms with Crippen LogP contribution in [0.4, 0.5) is 0 Å². The molecule has 0 aliphatic carbocycles. The van der Waals surface area contributed by atoms with Gasteiger partial charge in [-0.25, -0.2) is 4.98 Å². The number of aromatic amines is 1. The first-order chi connectivity index (χ1) is 8.34. The number of aromatic nitrogens is 3. The summed E-state index contributed by atoms with van der Waals surface area (Å²) in [5.41, 5.74) is 0. The van der Waals surface area contributed by atoms with Gasteiger partial charge in [0.1, 0.15) is 12.2 Å². The Balaban J connectivity index is 1.60. The lowest BCUT2D eigenvalue weighted by molar-refractivity contribution is -0.122. The molecule has 1 aliphatic rings. The van der Waals surface area contributed by atoms with Crippen LogP contribution in [0.2, 0.25) is 0 Å². The van der Waals surface area contributed by atoms with Crippen LogP contribution >= 0.6 is 0 Å². The maximum Gasteiger partial charge on any atom is 0.234 e. The van der Waals surface area contributed by atoms with Crippen molar-refractivity contribution in [2.75, 3.05) is 39.3 Å². The Morgan fingerprint density at radius 2 is 2.29 bits per heavy atom. The minimum absolute atomic E-state index is 0.0754. The molecule has 0 atom stereocenters. The molecule has 7 heteroatoms. The second-order valence-corrected chi connectivity index (χ2v) is 4.06. The largest absolute Gasteiger partial charge is 0.355 e. The topological polar surface area (TPSA) is 85.9 Å². The number of hydrogen-bond acceptors (Lipinski definition) is 5. The van der Waals surface area contributed by atoms with Crippen LogP contribution in [0.3, 0.4) is 0 Å². The van der Waals surface area contributed by atoms with Crippen LogP contribution in [0.25, 0.3) is 0 Å². The van der Waals surface area contributed by atoms with Crippen molar-refractivity contribution in [3.05, 3.63) is 12.2 Å². The van der Waals surface area contributed by atoms with Gasteiger partial charge in [-0.15, -0.1) is 0 Å². The van der Waals surface area contributed by atoms with E-state index in [-0.39, 0.29) is 5.91 Å². The first-order valence-corrected chi connectivity index (χ1v) is 5.88. The fraction of sp³-hybridized carbons (Fsp3) is 0.700. The third-order valence-electron chi connectivity index (χ3n) is 2.73. The molecule has 2 rings (SSSR count). The maximum absolute atomic E-state index is 11.6. The monoisotopic (exact) mass is 238 g/mol. The lowest BCUT2D eigenvalue weighted by Gasteiger charge is -2.26. The third kappa shape index (κ3) is 4.12. The summed E-state index contributed by atoms with van der Waals surface area (Å²) in [6.07, 6.45) is 2.16. The number of piperazine rings is 1. The summed E-state index contributed by atoms with van der Waals surface area (Å²) in [7, 11) is 0. The minimum Gasteiger partial charge on any atom is -0.355 e. The lowest BCUT2D eigenvalue weighted by atomic mass is 10.3. The number of rotatable bonds is 5. The zero-order valence-electron chi connectivity index (χ0n) is 9.78. The van der Waals surface area contributed by atoms with Crippen molar-refractivity contribution in [2.24, 2.45) is 0 Å². The van der Waals surface area contributed by atoms with Crippen LogP contribution in [-0.2, 0) is 11.2 Å². The van der Waals surface area contributed by atoms with Gasteiger partial charge >= 0.3 is 0 Å². The first kappa shape index (κ1) is 12.0. The van der Waals surface area contributed by atoms with E-state index in [0.717, 1.165) is 32.0 Å². The van der Waals surface area contributed by atoms with E-state index < -0.39 is 0 Å². The molecule has 0 saturated carbocycles. The van der Waals surface area contributed by atoms with Crippen molar-refractivity contribution in [2.45, 2.75) is 6.42 Å². The van der Waals surface area contributed by atoms with Crippen LogP contribution in [0.5, 0.6) is 0 Å². The summed E-state index contributed by atoms with van der Waals surface area (Å²) in [4.78, 5) is 17.8. The molecule has 1 saturated heterocycles. The fourth-order valence-electron chi connectivity index (χ4n) is 1.80. The predicted molar refractivity (Wildman–Crippen MR) is 62.4 cm³/mol. The molecule has 94 valence electrons. The molecule has 0 bridgehead atoms. The Morgan fingerprint density at radius 1 is 1.47 bits per heavy atom. The van der Waals surface area contributed by atoms with Gasteiger partial charge in [-0.05, 0) is 0 Å². The molecule has 0 radical (unpaired) electrons. The Kier molecular flexibility index (Phi) is 4.45. The number of hydrogen-bond donors (Lipinski definition) is 3. The van der Waals surface area contributed by atoms with Gasteiger partial charge in [-0.1, -0.05) is 0 Å². The van der Waals surface area contributed by atoms with Crippen molar-refractivity contribution in [1.82, 2.24) is 30.7 Å². The number of nitrogens with zero attached hydrogens (tertiary/aromatic N) is 3. The summed E-state index contributed by atoms with van der Waals surface area (Å²) in [5, 5.41) is 12.6. The second kappa shape index (κ2) is 6.31. The molecule has 1 aromatic heterocycles. The zero-order valence-corrected chi connectivity index (χ0v) is 9.78. The van der Waals surface area contributed by atoms with Gasteiger partial charge in [0.15, 0.2) is 0 Å². The summed E-state index contributed by atoms with van der Waals surface area (Å²) in [5.74, 6) is 0.874.